The number of thioether (sulfide) groups is 1. The van der Waals surface area contributed by atoms with Crippen molar-refractivity contribution in [1.82, 2.24) is 9.58 Å². The second-order valence-corrected chi connectivity index (χ2v) is 8.86. The SMILES string of the molecule is Cc1cc(/C=C2/C(=N)N3N=C(Cc4ccccc4)SC3=NC2=O)c(C)n1-c1cccc(F)c1. The topological polar surface area (TPSA) is 73.8 Å². The standard InChI is InChI=1S/C25H20FN5OS/c1-15-11-18(16(2)30(15)20-10-6-9-19(26)14-20)13-21-23(27)31-25(28-24(21)32)33-22(29-31)12-17-7-4-3-5-8-17/h3-11,13-14,27H,12H2,1-2H3/b21-13-,27-23?. The van der Waals surface area contributed by atoms with E-state index in [0.717, 1.165) is 27.6 Å². The van der Waals surface area contributed by atoms with E-state index in [1.807, 2.05) is 60.9 Å². The molecule has 8 heteroatoms. The first-order valence-corrected chi connectivity index (χ1v) is 11.2. The number of amidine groups is 2. The second-order valence-electron chi connectivity index (χ2n) is 7.82. The van der Waals surface area contributed by atoms with Crippen LogP contribution in [0.25, 0.3) is 11.8 Å². The quantitative estimate of drug-likeness (QED) is 0.554. The average Bonchev–Trinajstić information content (AvgIpc) is 3.31. The van der Waals surface area contributed by atoms with E-state index in [4.69, 9.17) is 5.41 Å². The number of carbonyl (C=O) groups excluding carboxylic acids is 1. The zero-order valence-corrected chi connectivity index (χ0v) is 18.9. The van der Waals surface area contributed by atoms with E-state index in [9.17, 15) is 9.18 Å². The Morgan fingerprint density at radius 2 is 1.88 bits per heavy atom. The molecule has 0 bridgehead atoms. The minimum absolute atomic E-state index is 0.00359. The first-order valence-electron chi connectivity index (χ1n) is 10.4. The van der Waals surface area contributed by atoms with E-state index < -0.39 is 5.91 Å². The zero-order valence-electron chi connectivity index (χ0n) is 18.0. The van der Waals surface area contributed by atoms with Crippen LogP contribution >= 0.6 is 11.8 Å². The maximum atomic E-state index is 13.8. The highest BCUT2D eigenvalue weighted by Crippen LogP contribution is 2.31. The summed E-state index contributed by atoms with van der Waals surface area (Å²) in [4.78, 5) is 17.0. The summed E-state index contributed by atoms with van der Waals surface area (Å²) < 4.78 is 15.7. The lowest BCUT2D eigenvalue weighted by Crippen LogP contribution is -2.35. The maximum Gasteiger partial charge on any atom is 0.283 e. The van der Waals surface area contributed by atoms with E-state index in [1.54, 1.807) is 12.1 Å². The summed E-state index contributed by atoms with van der Waals surface area (Å²) >= 11 is 1.31. The highest BCUT2D eigenvalue weighted by Gasteiger charge is 2.35. The Kier molecular flexibility index (Phi) is 5.30. The molecule has 0 atom stereocenters. The van der Waals surface area contributed by atoms with Crippen molar-refractivity contribution in [2.75, 3.05) is 0 Å². The molecule has 0 radical (unpaired) electrons. The molecule has 1 aromatic heterocycles. The molecule has 6 nitrogen and oxygen atoms in total. The molecule has 33 heavy (non-hydrogen) atoms. The molecule has 3 heterocycles. The molecular weight excluding hydrogens is 437 g/mol. The summed E-state index contributed by atoms with van der Waals surface area (Å²) in [7, 11) is 0. The predicted octanol–water partition coefficient (Wildman–Crippen LogP) is 5.10. The largest absolute Gasteiger partial charge is 0.318 e. The van der Waals surface area contributed by atoms with E-state index in [1.165, 1.54) is 28.9 Å². The van der Waals surface area contributed by atoms with Crippen LogP contribution in [-0.4, -0.2) is 31.5 Å². The number of amides is 1. The van der Waals surface area contributed by atoms with Crippen LogP contribution in [0.2, 0.25) is 0 Å². The minimum atomic E-state index is -0.467. The van der Waals surface area contributed by atoms with Crippen molar-refractivity contribution in [3.05, 3.63) is 94.6 Å². The number of aromatic nitrogens is 1. The molecule has 1 amide bonds. The van der Waals surface area contributed by atoms with Gasteiger partial charge in [-0.1, -0.05) is 36.4 Å². The van der Waals surface area contributed by atoms with Gasteiger partial charge in [0.05, 0.1) is 5.57 Å². The van der Waals surface area contributed by atoms with Gasteiger partial charge < -0.3 is 4.57 Å². The van der Waals surface area contributed by atoms with Gasteiger partial charge in [0.1, 0.15) is 10.9 Å². The van der Waals surface area contributed by atoms with Gasteiger partial charge in [-0.25, -0.2) is 4.39 Å². The predicted molar refractivity (Wildman–Crippen MR) is 130 cm³/mol. The van der Waals surface area contributed by atoms with Gasteiger partial charge >= 0.3 is 0 Å². The van der Waals surface area contributed by atoms with Crippen LogP contribution in [-0.2, 0) is 11.2 Å². The second kappa shape index (κ2) is 8.29. The Morgan fingerprint density at radius 3 is 2.64 bits per heavy atom. The van der Waals surface area contributed by atoms with Gasteiger partial charge in [0.15, 0.2) is 5.84 Å². The third kappa shape index (κ3) is 3.93. The summed E-state index contributed by atoms with van der Waals surface area (Å²) in [6.45, 7) is 3.82. The maximum absolute atomic E-state index is 13.8. The van der Waals surface area contributed by atoms with Crippen LogP contribution in [0.15, 0.2) is 76.3 Å². The van der Waals surface area contributed by atoms with Crippen LogP contribution in [0.5, 0.6) is 0 Å². The van der Waals surface area contributed by atoms with Gasteiger partial charge in [0, 0.05) is 23.5 Å². The summed E-state index contributed by atoms with van der Waals surface area (Å²) in [6.07, 6.45) is 2.27. The Bertz CT molecular complexity index is 1390. The molecule has 2 aromatic carbocycles. The molecule has 0 unspecified atom stereocenters. The molecule has 2 aliphatic rings. The van der Waals surface area contributed by atoms with Crippen molar-refractivity contribution < 1.29 is 9.18 Å². The number of benzene rings is 2. The van der Waals surface area contributed by atoms with Gasteiger partial charge in [-0.2, -0.15) is 15.1 Å². The van der Waals surface area contributed by atoms with Crippen molar-refractivity contribution in [2.24, 2.45) is 10.1 Å². The lowest BCUT2D eigenvalue weighted by atomic mass is 10.1. The highest BCUT2D eigenvalue weighted by atomic mass is 32.2. The van der Waals surface area contributed by atoms with Gasteiger partial charge in [0.25, 0.3) is 5.91 Å². The minimum Gasteiger partial charge on any atom is -0.318 e. The van der Waals surface area contributed by atoms with Gasteiger partial charge in [-0.3, -0.25) is 10.2 Å². The van der Waals surface area contributed by atoms with Crippen molar-refractivity contribution in [2.45, 2.75) is 20.3 Å². The number of halogens is 1. The fraction of sp³-hybridized carbons (Fsp3) is 0.120. The number of aliphatic imine (C=N–C) groups is 1. The number of hydrogen-bond donors (Lipinski definition) is 1. The van der Waals surface area contributed by atoms with Gasteiger partial charge in [0.2, 0.25) is 5.17 Å². The smallest absolute Gasteiger partial charge is 0.283 e. The van der Waals surface area contributed by atoms with E-state index in [2.05, 4.69) is 10.1 Å². The normalized spacial score (nSPS) is 16.8. The van der Waals surface area contributed by atoms with Crippen molar-refractivity contribution in [3.63, 3.8) is 0 Å². The van der Waals surface area contributed by atoms with Crippen LogP contribution < -0.4 is 0 Å². The third-order valence-corrected chi connectivity index (χ3v) is 6.44. The number of nitrogens with one attached hydrogen (secondary N) is 1. The number of aryl methyl sites for hydroxylation is 1. The molecule has 5 rings (SSSR count). The van der Waals surface area contributed by atoms with Crippen LogP contribution in [0.1, 0.15) is 22.5 Å². The Balaban J connectivity index is 1.47. The Hall–Kier alpha value is -3.78. The molecule has 164 valence electrons. The van der Waals surface area contributed by atoms with Gasteiger partial charge in [-0.05, 0) is 67.1 Å². The summed E-state index contributed by atoms with van der Waals surface area (Å²) in [5.41, 5.74) is 4.47. The summed E-state index contributed by atoms with van der Waals surface area (Å²) in [5, 5.41) is 15.8. The fourth-order valence-corrected chi connectivity index (χ4v) is 4.89. The van der Waals surface area contributed by atoms with Crippen molar-refractivity contribution >= 4 is 39.8 Å². The Labute approximate surface area is 194 Å². The van der Waals surface area contributed by atoms with Crippen molar-refractivity contribution in [3.8, 4) is 5.69 Å². The molecule has 3 aromatic rings. The van der Waals surface area contributed by atoms with Crippen molar-refractivity contribution in [1.29, 1.82) is 5.41 Å². The van der Waals surface area contributed by atoms with E-state index in [0.29, 0.717) is 17.3 Å². The molecule has 0 aliphatic carbocycles. The third-order valence-electron chi connectivity index (χ3n) is 5.53. The summed E-state index contributed by atoms with van der Waals surface area (Å²) in [6, 6.07) is 18.2. The number of hydrazone groups is 1. The number of nitrogens with zero attached hydrogens (tertiary/aromatic N) is 4. The first kappa shape index (κ1) is 21.1. The number of hydrogen-bond acceptors (Lipinski definition) is 4. The van der Waals surface area contributed by atoms with Gasteiger partial charge in [-0.15, -0.1) is 0 Å². The lowest BCUT2D eigenvalue weighted by molar-refractivity contribution is -0.114. The van der Waals surface area contributed by atoms with E-state index in [-0.39, 0.29) is 17.2 Å². The molecule has 0 saturated carbocycles. The molecule has 2 aliphatic heterocycles. The van der Waals surface area contributed by atoms with Crippen LogP contribution in [0, 0.1) is 25.1 Å². The zero-order chi connectivity index (χ0) is 23.1. The molecule has 1 N–H and O–H groups in total. The number of fused-ring (bicyclic) bond motifs is 1. The lowest BCUT2D eigenvalue weighted by Gasteiger charge is -2.20. The molecule has 0 fully saturated rings. The van der Waals surface area contributed by atoms with Crippen LogP contribution in [0.3, 0.4) is 0 Å². The molecular formula is C25H20FN5OS. The van der Waals surface area contributed by atoms with E-state index >= 15 is 0 Å². The molecule has 0 saturated heterocycles. The number of carbonyl (C=O) groups is 1. The summed E-state index contributed by atoms with van der Waals surface area (Å²) in [5.74, 6) is -0.789. The van der Waals surface area contributed by atoms with Crippen LogP contribution in [0.4, 0.5) is 4.39 Å². The Morgan fingerprint density at radius 1 is 1.09 bits per heavy atom. The fourth-order valence-electron chi connectivity index (χ4n) is 3.98. The molecule has 0 spiro atoms. The monoisotopic (exact) mass is 457 g/mol. The highest BCUT2D eigenvalue weighted by molar-refractivity contribution is 8.26. The average molecular weight is 458 g/mol. The number of rotatable bonds is 4. The first-order chi connectivity index (χ1) is 15.9.